The average Bonchev–Trinajstić information content (AvgIpc) is 2.50. The lowest BCUT2D eigenvalue weighted by atomic mass is 10.2. The summed E-state index contributed by atoms with van der Waals surface area (Å²) in [5.74, 6) is 1.02. The molecule has 0 aliphatic carbocycles. The Labute approximate surface area is 127 Å². The SMILES string of the molecule is COc1ccccc1N(CCCN)CCCC(=O)N(C)C. The molecule has 5 nitrogen and oxygen atoms in total. The summed E-state index contributed by atoms with van der Waals surface area (Å²) in [6, 6.07) is 7.95. The average molecular weight is 293 g/mol. The Morgan fingerprint density at radius 1 is 1.19 bits per heavy atom. The first-order chi connectivity index (χ1) is 10.1. The van der Waals surface area contributed by atoms with E-state index in [4.69, 9.17) is 10.5 Å². The number of benzene rings is 1. The van der Waals surface area contributed by atoms with E-state index >= 15 is 0 Å². The molecule has 0 aliphatic heterocycles. The lowest BCUT2D eigenvalue weighted by Crippen LogP contribution is -2.29. The Kier molecular flexibility index (Phi) is 7.61. The number of hydrogen-bond acceptors (Lipinski definition) is 4. The fourth-order valence-electron chi connectivity index (χ4n) is 2.17. The number of methoxy groups -OCH3 is 1. The van der Waals surface area contributed by atoms with Crippen LogP contribution in [0, 0.1) is 0 Å². The van der Waals surface area contributed by atoms with Crippen LogP contribution in [0.25, 0.3) is 0 Å². The monoisotopic (exact) mass is 293 g/mol. The Balaban J connectivity index is 2.69. The fraction of sp³-hybridized carbons (Fsp3) is 0.562. The van der Waals surface area contributed by atoms with E-state index in [-0.39, 0.29) is 5.91 Å². The number of ether oxygens (including phenoxy) is 1. The Morgan fingerprint density at radius 2 is 1.86 bits per heavy atom. The van der Waals surface area contributed by atoms with E-state index < -0.39 is 0 Å². The molecule has 0 bridgehead atoms. The molecule has 1 aromatic rings. The Bertz CT molecular complexity index is 435. The van der Waals surface area contributed by atoms with Gasteiger partial charge in [0.25, 0.3) is 0 Å². The van der Waals surface area contributed by atoms with Crippen molar-refractivity contribution in [1.82, 2.24) is 4.90 Å². The molecule has 0 unspecified atom stereocenters. The normalized spacial score (nSPS) is 10.3. The minimum atomic E-state index is 0.161. The van der Waals surface area contributed by atoms with Gasteiger partial charge in [0.1, 0.15) is 5.75 Å². The van der Waals surface area contributed by atoms with Gasteiger partial charge in [0.05, 0.1) is 12.8 Å². The molecular formula is C16H27N3O2. The number of nitrogens with zero attached hydrogens (tertiary/aromatic N) is 2. The van der Waals surface area contributed by atoms with Gasteiger partial charge < -0.3 is 20.3 Å². The number of carbonyl (C=O) groups is 1. The first kappa shape index (κ1) is 17.3. The summed E-state index contributed by atoms with van der Waals surface area (Å²) in [6.07, 6.45) is 2.29. The Hall–Kier alpha value is -1.75. The minimum absolute atomic E-state index is 0.161. The topological polar surface area (TPSA) is 58.8 Å². The highest BCUT2D eigenvalue weighted by Gasteiger charge is 2.12. The lowest BCUT2D eigenvalue weighted by molar-refractivity contribution is -0.128. The zero-order valence-corrected chi connectivity index (χ0v) is 13.3. The molecule has 1 aromatic carbocycles. The molecule has 0 atom stereocenters. The van der Waals surface area contributed by atoms with Crippen LogP contribution in [0.15, 0.2) is 24.3 Å². The molecule has 0 aliphatic rings. The van der Waals surface area contributed by atoms with Crippen molar-refractivity contribution in [2.24, 2.45) is 5.73 Å². The van der Waals surface area contributed by atoms with Gasteiger partial charge in [-0.2, -0.15) is 0 Å². The first-order valence-corrected chi connectivity index (χ1v) is 7.38. The number of nitrogens with two attached hydrogens (primary N) is 1. The summed E-state index contributed by atoms with van der Waals surface area (Å²) in [6.45, 7) is 2.34. The number of para-hydroxylation sites is 2. The van der Waals surface area contributed by atoms with Gasteiger partial charge in [-0.1, -0.05) is 12.1 Å². The molecule has 1 amide bonds. The Morgan fingerprint density at radius 3 is 2.48 bits per heavy atom. The second-order valence-electron chi connectivity index (χ2n) is 5.19. The number of hydrogen-bond donors (Lipinski definition) is 1. The van der Waals surface area contributed by atoms with Crippen LogP contribution in [0.3, 0.4) is 0 Å². The molecule has 118 valence electrons. The first-order valence-electron chi connectivity index (χ1n) is 7.38. The van der Waals surface area contributed by atoms with Gasteiger partial charge in [-0.25, -0.2) is 0 Å². The molecule has 1 rings (SSSR count). The van der Waals surface area contributed by atoms with Crippen LogP contribution in [0.2, 0.25) is 0 Å². The van der Waals surface area contributed by atoms with Crippen LogP contribution in [0.5, 0.6) is 5.75 Å². The highest BCUT2D eigenvalue weighted by Crippen LogP contribution is 2.28. The van der Waals surface area contributed by atoms with Crippen LogP contribution in [0.4, 0.5) is 5.69 Å². The number of rotatable bonds is 9. The largest absolute Gasteiger partial charge is 0.495 e. The van der Waals surface area contributed by atoms with Crippen molar-refractivity contribution in [3.8, 4) is 5.75 Å². The standard InChI is InChI=1S/C16H27N3O2/c1-18(2)16(20)10-6-12-19(13-7-11-17)14-8-4-5-9-15(14)21-3/h4-5,8-9H,6-7,10-13,17H2,1-3H3. The molecule has 2 N–H and O–H groups in total. The van der Waals surface area contributed by atoms with Gasteiger partial charge in [-0.15, -0.1) is 0 Å². The van der Waals surface area contributed by atoms with Crippen molar-refractivity contribution in [3.63, 3.8) is 0 Å². The predicted molar refractivity (Wildman–Crippen MR) is 86.8 cm³/mol. The minimum Gasteiger partial charge on any atom is -0.495 e. The van der Waals surface area contributed by atoms with Gasteiger partial charge in [-0.3, -0.25) is 4.79 Å². The molecule has 0 spiro atoms. The van der Waals surface area contributed by atoms with E-state index in [0.717, 1.165) is 37.4 Å². The molecule has 0 fully saturated rings. The molecule has 0 aromatic heterocycles. The lowest BCUT2D eigenvalue weighted by Gasteiger charge is -2.26. The van der Waals surface area contributed by atoms with Gasteiger partial charge in [-0.05, 0) is 31.5 Å². The summed E-state index contributed by atoms with van der Waals surface area (Å²) in [4.78, 5) is 15.5. The van der Waals surface area contributed by atoms with E-state index in [9.17, 15) is 4.79 Å². The molecule has 0 saturated heterocycles. The van der Waals surface area contributed by atoms with Crippen molar-refractivity contribution < 1.29 is 9.53 Å². The summed E-state index contributed by atoms with van der Waals surface area (Å²) >= 11 is 0. The van der Waals surface area contributed by atoms with Crippen LogP contribution in [0.1, 0.15) is 19.3 Å². The third-order valence-electron chi connectivity index (χ3n) is 3.38. The van der Waals surface area contributed by atoms with E-state index in [1.807, 2.05) is 24.3 Å². The predicted octanol–water partition coefficient (Wildman–Crippen LogP) is 1.72. The summed E-state index contributed by atoms with van der Waals surface area (Å²) < 4.78 is 5.42. The van der Waals surface area contributed by atoms with Gasteiger partial charge in [0.15, 0.2) is 0 Å². The van der Waals surface area contributed by atoms with Gasteiger partial charge >= 0.3 is 0 Å². The molecule has 0 saturated carbocycles. The zero-order chi connectivity index (χ0) is 15.7. The maximum atomic E-state index is 11.7. The highest BCUT2D eigenvalue weighted by molar-refractivity contribution is 5.75. The molecular weight excluding hydrogens is 266 g/mol. The third-order valence-corrected chi connectivity index (χ3v) is 3.38. The molecule has 0 radical (unpaired) electrons. The second-order valence-corrected chi connectivity index (χ2v) is 5.19. The zero-order valence-electron chi connectivity index (χ0n) is 13.3. The highest BCUT2D eigenvalue weighted by atomic mass is 16.5. The second kappa shape index (κ2) is 9.23. The van der Waals surface area contributed by atoms with Crippen LogP contribution in [-0.4, -0.2) is 51.6 Å². The van der Waals surface area contributed by atoms with E-state index in [1.165, 1.54) is 0 Å². The van der Waals surface area contributed by atoms with Crippen molar-refractivity contribution in [2.45, 2.75) is 19.3 Å². The van der Waals surface area contributed by atoms with E-state index in [1.54, 1.807) is 26.1 Å². The number of anilines is 1. The summed E-state index contributed by atoms with van der Waals surface area (Å²) in [7, 11) is 5.25. The van der Waals surface area contributed by atoms with Crippen molar-refractivity contribution in [1.29, 1.82) is 0 Å². The number of amides is 1. The quantitative estimate of drug-likeness (QED) is 0.753. The van der Waals surface area contributed by atoms with Crippen molar-refractivity contribution >= 4 is 11.6 Å². The van der Waals surface area contributed by atoms with E-state index in [0.29, 0.717) is 13.0 Å². The maximum Gasteiger partial charge on any atom is 0.222 e. The van der Waals surface area contributed by atoms with Crippen molar-refractivity contribution in [2.75, 3.05) is 45.7 Å². The summed E-state index contributed by atoms with van der Waals surface area (Å²) in [5, 5.41) is 0. The van der Waals surface area contributed by atoms with E-state index in [2.05, 4.69) is 4.90 Å². The molecule has 5 heteroatoms. The summed E-state index contributed by atoms with van der Waals surface area (Å²) in [5.41, 5.74) is 6.68. The van der Waals surface area contributed by atoms with Gasteiger partial charge in [0.2, 0.25) is 5.91 Å². The van der Waals surface area contributed by atoms with Crippen LogP contribution < -0.4 is 15.4 Å². The van der Waals surface area contributed by atoms with Gasteiger partial charge in [0, 0.05) is 33.6 Å². The molecule has 0 heterocycles. The molecule has 21 heavy (non-hydrogen) atoms. The smallest absolute Gasteiger partial charge is 0.222 e. The fourth-order valence-corrected chi connectivity index (χ4v) is 2.17. The maximum absolute atomic E-state index is 11.7. The van der Waals surface area contributed by atoms with Crippen molar-refractivity contribution in [3.05, 3.63) is 24.3 Å². The van der Waals surface area contributed by atoms with Crippen LogP contribution >= 0.6 is 0 Å². The number of carbonyl (C=O) groups excluding carboxylic acids is 1. The third kappa shape index (κ3) is 5.63. The van der Waals surface area contributed by atoms with Crippen LogP contribution in [-0.2, 0) is 4.79 Å².